The first-order chi connectivity index (χ1) is 22.2. The molecule has 46 heavy (non-hydrogen) atoms. The molecule has 0 atom stereocenters. The number of nitrogens with zero attached hydrogens (tertiary/aromatic N) is 4. The van der Waals surface area contributed by atoms with Gasteiger partial charge in [-0.25, -0.2) is 9.37 Å². The predicted molar refractivity (Wildman–Crippen MR) is 173 cm³/mol. The van der Waals surface area contributed by atoms with Gasteiger partial charge in [-0.05, 0) is 54.1 Å². The molecule has 238 valence electrons. The molecule has 0 radical (unpaired) electrons. The van der Waals surface area contributed by atoms with Gasteiger partial charge < -0.3 is 29.3 Å². The van der Waals surface area contributed by atoms with E-state index in [9.17, 15) is 9.59 Å². The van der Waals surface area contributed by atoms with Crippen LogP contribution in [0.5, 0.6) is 23.1 Å². The van der Waals surface area contributed by atoms with Crippen molar-refractivity contribution in [3.05, 3.63) is 99.9 Å². The van der Waals surface area contributed by atoms with Gasteiger partial charge in [0.1, 0.15) is 0 Å². The molecule has 3 heterocycles. The minimum atomic E-state index is -0.604. The van der Waals surface area contributed by atoms with Gasteiger partial charge in [0.15, 0.2) is 23.1 Å². The Labute approximate surface area is 275 Å². The maximum Gasteiger partial charge on any atom is 0.255 e. The molecule has 0 unspecified atom stereocenters. The summed E-state index contributed by atoms with van der Waals surface area (Å²) in [5, 5.41) is 3.32. The molecule has 3 aromatic carbocycles. The summed E-state index contributed by atoms with van der Waals surface area (Å²) in [6.07, 6.45) is 1.40. The smallest absolute Gasteiger partial charge is 0.255 e. The quantitative estimate of drug-likeness (QED) is 0.230. The third-order valence-electron chi connectivity index (χ3n) is 7.69. The van der Waals surface area contributed by atoms with Crippen LogP contribution in [-0.4, -0.2) is 73.2 Å². The summed E-state index contributed by atoms with van der Waals surface area (Å²) in [5.41, 5.74) is 2.42. The van der Waals surface area contributed by atoms with Crippen LogP contribution in [0.4, 0.5) is 15.8 Å². The molecule has 0 aliphatic carbocycles. The van der Waals surface area contributed by atoms with Crippen molar-refractivity contribution in [3.8, 4) is 23.1 Å². The van der Waals surface area contributed by atoms with E-state index >= 15 is 4.39 Å². The lowest BCUT2D eigenvalue weighted by Crippen LogP contribution is -2.50. The summed E-state index contributed by atoms with van der Waals surface area (Å²) in [6, 6.07) is 18.1. The first kappa shape index (κ1) is 31.4. The van der Waals surface area contributed by atoms with E-state index in [4.69, 9.17) is 37.4 Å². The van der Waals surface area contributed by atoms with Crippen molar-refractivity contribution in [2.45, 2.75) is 6.54 Å². The molecular formula is C33H30Cl2FN5O5. The third kappa shape index (κ3) is 7.44. The zero-order chi connectivity index (χ0) is 32.2. The van der Waals surface area contributed by atoms with E-state index in [1.165, 1.54) is 36.5 Å². The fourth-order valence-electron chi connectivity index (χ4n) is 5.12. The van der Waals surface area contributed by atoms with Crippen molar-refractivity contribution in [2.24, 2.45) is 0 Å². The van der Waals surface area contributed by atoms with Crippen molar-refractivity contribution in [2.75, 3.05) is 56.8 Å². The predicted octanol–water partition coefficient (Wildman–Crippen LogP) is 6.08. The molecular weight excluding hydrogens is 636 g/mol. The number of amides is 2. The normalized spacial score (nSPS) is 14.2. The molecule has 6 rings (SSSR count). The molecule has 13 heteroatoms. The summed E-state index contributed by atoms with van der Waals surface area (Å²) in [4.78, 5) is 35.5. The number of hydrogen-bond donors (Lipinski definition) is 1. The first-order valence-electron chi connectivity index (χ1n) is 14.5. The molecule has 1 aromatic heterocycles. The number of aromatic nitrogens is 1. The molecule has 0 spiro atoms. The second kappa shape index (κ2) is 13.8. The van der Waals surface area contributed by atoms with Gasteiger partial charge >= 0.3 is 0 Å². The lowest BCUT2D eigenvalue weighted by Gasteiger charge is -2.35. The third-order valence-corrected chi connectivity index (χ3v) is 8.43. The molecule has 1 fully saturated rings. The average Bonchev–Trinajstić information content (AvgIpc) is 3.52. The Morgan fingerprint density at radius 1 is 0.957 bits per heavy atom. The van der Waals surface area contributed by atoms with Crippen LogP contribution in [0.25, 0.3) is 0 Å². The van der Waals surface area contributed by atoms with Crippen molar-refractivity contribution in [1.29, 1.82) is 0 Å². The minimum absolute atomic E-state index is 0.0258. The highest BCUT2D eigenvalue weighted by Crippen LogP contribution is 2.33. The number of piperazine rings is 1. The van der Waals surface area contributed by atoms with Gasteiger partial charge in [0, 0.05) is 63.2 Å². The van der Waals surface area contributed by atoms with Gasteiger partial charge in [-0.1, -0.05) is 29.3 Å². The summed E-state index contributed by atoms with van der Waals surface area (Å²) in [7, 11) is 1.75. The maximum atomic E-state index is 15.0. The number of anilines is 2. The van der Waals surface area contributed by atoms with Crippen molar-refractivity contribution in [1.82, 2.24) is 14.8 Å². The van der Waals surface area contributed by atoms with Gasteiger partial charge in [0.2, 0.25) is 18.6 Å². The van der Waals surface area contributed by atoms with Crippen LogP contribution >= 0.6 is 23.2 Å². The maximum absolute atomic E-state index is 15.0. The highest BCUT2D eigenvalue weighted by molar-refractivity contribution is 6.42. The van der Waals surface area contributed by atoms with E-state index in [0.717, 1.165) is 36.7 Å². The highest BCUT2D eigenvalue weighted by Gasteiger charge is 2.23. The molecule has 2 amide bonds. The van der Waals surface area contributed by atoms with Crippen LogP contribution in [0.15, 0.2) is 72.9 Å². The number of likely N-dealkylation sites (N-methyl/N-ethyl adjacent to an activating group) is 1. The Kier molecular flexibility index (Phi) is 9.43. The average molecular weight is 667 g/mol. The number of ether oxygens (including phenoxy) is 3. The van der Waals surface area contributed by atoms with Gasteiger partial charge in [-0.3, -0.25) is 14.5 Å². The number of rotatable bonds is 9. The largest absolute Gasteiger partial charge is 0.454 e. The number of carbonyl (C=O) groups excluding carboxylic acids is 2. The second-order valence-corrected chi connectivity index (χ2v) is 11.7. The molecule has 1 saturated heterocycles. The van der Waals surface area contributed by atoms with Crippen LogP contribution in [0.1, 0.15) is 15.9 Å². The molecule has 2 aliphatic rings. The van der Waals surface area contributed by atoms with E-state index in [1.807, 2.05) is 23.1 Å². The number of nitrogens with one attached hydrogen (secondary N) is 1. The summed E-state index contributed by atoms with van der Waals surface area (Å²) in [5.74, 6) is 0.620. The van der Waals surface area contributed by atoms with E-state index < -0.39 is 11.7 Å². The highest BCUT2D eigenvalue weighted by atomic mass is 35.5. The number of benzene rings is 3. The van der Waals surface area contributed by atoms with E-state index in [1.54, 1.807) is 30.1 Å². The van der Waals surface area contributed by atoms with Crippen molar-refractivity contribution >= 4 is 46.4 Å². The standard InChI is InChI=1S/C33H30Cl2FN5O5/c1-39(19-32(42)41-12-10-40(11-13-41)18-21-2-7-29-30(14-21)45-20-44-29)24-5-8-28(27(36)16-24)46-31-9-4-23(17-37-31)38-33(43)22-3-6-25(34)26(35)15-22/h2-9,14-17H,10-13,18-20H2,1H3,(H,38,43). The zero-order valence-corrected chi connectivity index (χ0v) is 26.4. The van der Waals surface area contributed by atoms with Crippen molar-refractivity contribution in [3.63, 3.8) is 0 Å². The molecule has 4 aromatic rings. The zero-order valence-electron chi connectivity index (χ0n) is 24.8. The van der Waals surface area contributed by atoms with Crippen LogP contribution < -0.4 is 24.4 Å². The molecule has 1 N–H and O–H groups in total. The Bertz CT molecular complexity index is 1750. The Hall–Kier alpha value is -4.58. The molecule has 0 saturated carbocycles. The van der Waals surface area contributed by atoms with E-state index in [-0.39, 0.29) is 35.9 Å². The number of fused-ring (bicyclic) bond motifs is 1. The van der Waals surface area contributed by atoms with Gasteiger partial charge in [-0.2, -0.15) is 0 Å². The number of halogens is 3. The summed E-state index contributed by atoms with van der Waals surface area (Å²) >= 11 is 11.9. The van der Waals surface area contributed by atoms with Crippen LogP contribution in [0.2, 0.25) is 10.0 Å². The first-order valence-corrected chi connectivity index (χ1v) is 15.3. The minimum Gasteiger partial charge on any atom is -0.454 e. The van der Waals surface area contributed by atoms with Gasteiger partial charge in [0.05, 0.1) is 28.5 Å². The van der Waals surface area contributed by atoms with Gasteiger partial charge in [-0.15, -0.1) is 0 Å². The lowest BCUT2D eigenvalue weighted by molar-refractivity contribution is -0.131. The van der Waals surface area contributed by atoms with E-state index in [0.29, 0.717) is 35.1 Å². The molecule has 2 aliphatic heterocycles. The lowest BCUT2D eigenvalue weighted by atomic mass is 10.1. The second-order valence-electron chi connectivity index (χ2n) is 10.9. The SMILES string of the molecule is CN(CC(=O)N1CCN(Cc2ccc3c(c2)OCO3)CC1)c1ccc(Oc2ccc(NC(=O)c3ccc(Cl)c(Cl)c3)cn2)c(F)c1. The Balaban J connectivity index is 0.976. The van der Waals surface area contributed by atoms with Crippen LogP contribution in [0.3, 0.4) is 0 Å². The topological polar surface area (TPSA) is 96.5 Å². The van der Waals surface area contributed by atoms with Crippen molar-refractivity contribution < 1.29 is 28.2 Å². The number of pyridine rings is 1. The number of hydrogen-bond acceptors (Lipinski definition) is 8. The molecule has 10 nitrogen and oxygen atoms in total. The van der Waals surface area contributed by atoms with E-state index in [2.05, 4.69) is 15.2 Å². The Morgan fingerprint density at radius 3 is 2.50 bits per heavy atom. The summed E-state index contributed by atoms with van der Waals surface area (Å²) in [6.45, 7) is 3.86. The van der Waals surface area contributed by atoms with Gasteiger partial charge in [0.25, 0.3) is 5.91 Å². The monoisotopic (exact) mass is 665 g/mol. The Morgan fingerprint density at radius 2 is 1.76 bits per heavy atom. The summed E-state index contributed by atoms with van der Waals surface area (Å²) < 4.78 is 31.5. The van der Waals surface area contributed by atoms with Crippen LogP contribution in [0, 0.1) is 5.82 Å². The van der Waals surface area contributed by atoms with Crippen LogP contribution in [-0.2, 0) is 11.3 Å². The fraction of sp³-hybridized carbons (Fsp3) is 0.242. The number of carbonyl (C=O) groups is 2. The fourth-order valence-corrected chi connectivity index (χ4v) is 5.42. The molecule has 0 bridgehead atoms.